The van der Waals surface area contributed by atoms with Gasteiger partial charge in [-0.2, -0.15) is 0 Å². The predicted molar refractivity (Wildman–Crippen MR) is 82.5 cm³/mol. The molecule has 1 aromatic carbocycles. The van der Waals surface area contributed by atoms with Gasteiger partial charge in [0, 0.05) is 16.6 Å². The average molecular weight is 290 g/mol. The SMILES string of the molecule is CC1(C)OB(c2cc(Cl)c3cccnc3c2)OC1(C)C. The van der Waals surface area contributed by atoms with Crippen molar-refractivity contribution >= 4 is 35.1 Å². The minimum absolute atomic E-state index is 0.358. The summed E-state index contributed by atoms with van der Waals surface area (Å²) < 4.78 is 12.1. The third-order valence-electron chi connectivity index (χ3n) is 4.22. The molecular formula is C15H17BClNO2. The van der Waals surface area contributed by atoms with Crippen LogP contribution >= 0.6 is 11.6 Å². The van der Waals surface area contributed by atoms with E-state index in [1.165, 1.54) is 0 Å². The molecule has 3 nitrogen and oxygen atoms in total. The lowest BCUT2D eigenvalue weighted by molar-refractivity contribution is 0.00578. The first kappa shape index (κ1) is 13.9. The molecule has 0 unspecified atom stereocenters. The molecule has 0 bridgehead atoms. The summed E-state index contributed by atoms with van der Waals surface area (Å²) in [5, 5.41) is 1.61. The van der Waals surface area contributed by atoms with Gasteiger partial charge in [0.15, 0.2) is 0 Å². The van der Waals surface area contributed by atoms with Gasteiger partial charge >= 0.3 is 7.12 Å². The van der Waals surface area contributed by atoms with Gasteiger partial charge in [-0.05, 0) is 57.4 Å². The summed E-state index contributed by atoms with van der Waals surface area (Å²) in [5.41, 5.74) is 1.04. The van der Waals surface area contributed by atoms with Crippen molar-refractivity contribution in [3.05, 3.63) is 35.5 Å². The van der Waals surface area contributed by atoms with E-state index < -0.39 is 7.12 Å². The van der Waals surface area contributed by atoms with Crippen LogP contribution in [0.2, 0.25) is 5.02 Å². The standard InChI is InChI=1S/C15H17BClNO2/c1-14(2)15(3,4)20-16(19-14)10-8-12(17)11-6-5-7-18-13(11)9-10/h5-9H,1-4H3. The van der Waals surface area contributed by atoms with Crippen LogP contribution in [0.15, 0.2) is 30.5 Å². The van der Waals surface area contributed by atoms with Gasteiger partial charge in [0.05, 0.1) is 16.7 Å². The molecular weight excluding hydrogens is 272 g/mol. The van der Waals surface area contributed by atoms with E-state index in [1.807, 2.05) is 52.0 Å². The molecule has 1 aromatic heterocycles. The van der Waals surface area contributed by atoms with E-state index in [-0.39, 0.29) is 11.2 Å². The zero-order valence-corrected chi connectivity index (χ0v) is 12.9. The van der Waals surface area contributed by atoms with E-state index in [1.54, 1.807) is 6.20 Å². The molecule has 0 spiro atoms. The molecule has 1 aliphatic rings. The third-order valence-corrected chi connectivity index (χ3v) is 4.53. The van der Waals surface area contributed by atoms with Crippen LogP contribution in [-0.4, -0.2) is 23.3 Å². The topological polar surface area (TPSA) is 31.4 Å². The summed E-state index contributed by atoms with van der Waals surface area (Å²) in [6.45, 7) is 8.14. The number of hydrogen-bond acceptors (Lipinski definition) is 3. The lowest BCUT2D eigenvalue weighted by Gasteiger charge is -2.32. The highest BCUT2D eigenvalue weighted by Gasteiger charge is 2.51. The molecule has 0 N–H and O–H groups in total. The molecule has 0 saturated carbocycles. The fraction of sp³-hybridized carbons (Fsp3) is 0.400. The highest BCUT2D eigenvalue weighted by atomic mass is 35.5. The van der Waals surface area contributed by atoms with Crippen LogP contribution in [0.5, 0.6) is 0 Å². The van der Waals surface area contributed by atoms with Crippen molar-refractivity contribution in [2.24, 2.45) is 0 Å². The number of benzene rings is 1. The Bertz CT molecular complexity index is 656. The van der Waals surface area contributed by atoms with Gasteiger partial charge in [0.25, 0.3) is 0 Å². The van der Waals surface area contributed by atoms with Crippen molar-refractivity contribution in [2.75, 3.05) is 0 Å². The molecule has 20 heavy (non-hydrogen) atoms. The second-order valence-corrected chi connectivity index (χ2v) is 6.57. The van der Waals surface area contributed by atoms with Crippen LogP contribution in [0, 0.1) is 0 Å². The second kappa shape index (κ2) is 4.45. The molecule has 5 heteroatoms. The molecule has 2 heterocycles. The number of halogens is 1. The monoisotopic (exact) mass is 289 g/mol. The maximum absolute atomic E-state index is 6.33. The van der Waals surface area contributed by atoms with Crippen LogP contribution in [-0.2, 0) is 9.31 Å². The maximum atomic E-state index is 6.33. The number of pyridine rings is 1. The van der Waals surface area contributed by atoms with Crippen molar-refractivity contribution in [1.82, 2.24) is 4.98 Å². The van der Waals surface area contributed by atoms with Crippen LogP contribution in [0.3, 0.4) is 0 Å². The van der Waals surface area contributed by atoms with Gasteiger partial charge in [-0.25, -0.2) is 0 Å². The zero-order chi connectivity index (χ0) is 14.5. The molecule has 0 atom stereocenters. The molecule has 0 amide bonds. The van der Waals surface area contributed by atoms with Crippen molar-refractivity contribution in [3.8, 4) is 0 Å². The quantitative estimate of drug-likeness (QED) is 0.756. The highest BCUT2D eigenvalue weighted by molar-refractivity contribution is 6.63. The zero-order valence-electron chi connectivity index (χ0n) is 12.1. The van der Waals surface area contributed by atoms with Crippen LogP contribution in [0.25, 0.3) is 10.9 Å². The first-order valence-electron chi connectivity index (χ1n) is 6.70. The summed E-state index contributed by atoms with van der Waals surface area (Å²) in [5.74, 6) is 0. The van der Waals surface area contributed by atoms with Gasteiger partial charge in [-0.15, -0.1) is 0 Å². The first-order chi connectivity index (χ1) is 9.30. The highest BCUT2D eigenvalue weighted by Crippen LogP contribution is 2.36. The van der Waals surface area contributed by atoms with E-state index in [2.05, 4.69) is 4.98 Å². The van der Waals surface area contributed by atoms with Gasteiger partial charge in [0.1, 0.15) is 0 Å². The smallest absolute Gasteiger partial charge is 0.399 e. The van der Waals surface area contributed by atoms with E-state index in [0.29, 0.717) is 5.02 Å². The lowest BCUT2D eigenvalue weighted by Crippen LogP contribution is -2.41. The molecule has 0 radical (unpaired) electrons. The third kappa shape index (κ3) is 2.12. The summed E-state index contributed by atoms with van der Waals surface area (Å²) in [6.07, 6.45) is 1.76. The Balaban J connectivity index is 2.04. The number of rotatable bonds is 1. The second-order valence-electron chi connectivity index (χ2n) is 6.16. The lowest BCUT2D eigenvalue weighted by atomic mass is 9.78. The van der Waals surface area contributed by atoms with Gasteiger partial charge in [-0.3, -0.25) is 4.98 Å². The van der Waals surface area contributed by atoms with E-state index >= 15 is 0 Å². The number of nitrogens with zero attached hydrogens (tertiary/aromatic N) is 1. The number of hydrogen-bond donors (Lipinski definition) is 0. The summed E-state index contributed by atoms with van der Waals surface area (Å²) in [6, 6.07) is 7.71. The Morgan fingerprint density at radius 2 is 1.75 bits per heavy atom. The van der Waals surface area contributed by atoms with E-state index in [4.69, 9.17) is 20.9 Å². The summed E-state index contributed by atoms with van der Waals surface area (Å²) in [7, 11) is -0.413. The predicted octanol–water partition coefficient (Wildman–Crippen LogP) is 3.19. The van der Waals surface area contributed by atoms with E-state index in [9.17, 15) is 0 Å². The normalized spacial score (nSPS) is 20.6. The Labute approximate surface area is 124 Å². The molecule has 0 aliphatic carbocycles. The summed E-state index contributed by atoms with van der Waals surface area (Å²) in [4.78, 5) is 4.35. The minimum Gasteiger partial charge on any atom is -0.399 e. The van der Waals surface area contributed by atoms with E-state index in [0.717, 1.165) is 16.4 Å². The van der Waals surface area contributed by atoms with Gasteiger partial charge in [0.2, 0.25) is 0 Å². The average Bonchev–Trinajstić information content (AvgIpc) is 2.58. The molecule has 1 saturated heterocycles. The Morgan fingerprint density at radius 1 is 1.10 bits per heavy atom. The van der Waals surface area contributed by atoms with Crippen molar-refractivity contribution in [1.29, 1.82) is 0 Å². The Hall–Kier alpha value is -1.10. The summed E-state index contributed by atoms with van der Waals surface area (Å²) >= 11 is 6.33. The molecule has 1 fully saturated rings. The van der Waals surface area contributed by atoms with Crippen molar-refractivity contribution < 1.29 is 9.31 Å². The first-order valence-corrected chi connectivity index (χ1v) is 7.08. The maximum Gasteiger partial charge on any atom is 0.494 e. The number of aromatic nitrogens is 1. The van der Waals surface area contributed by atoms with Crippen LogP contribution < -0.4 is 5.46 Å². The fourth-order valence-electron chi connectivity index (χ4n) is 2.27. The molecule has 104 valence electrons. The van der Waals surface area contributed by atoms with Crippen molar-refractivity contribution in [2.45, 2.75) is 38.9 Å². The fourth-order valence-corrected chi connectivity index (χ4v) is 2.56. The largest absolute Gasteiger partial charge is 0.494 e. The van der Waals surface area contributed by atoms with Gasteiger partial charge < -0.3 is 9.31 Å². The Morgan fingerprint density at radius 3 is 2.40 bits per heavy atom. The van der Waals surface area contributed by atoms with Crippen molar-refractivity contribution in [3.63, 3.8) is 0 Å². The van der Waals surface area contributed by atoms with Crippen LogP contribution in [0.1, 0.15) is 27.7 Å². The molecule has 3 rings (SSSR count). The number of fused-ring (bicyclic) bond motifs is 1. The van der Waals surface area contributed by atoms with Crippen LogP contribution in [0.4, 0.5) is 0 Å². The molecule has 1 aliphatic heterocycles. The Kier molecular flexibility index (Phi) is 3.09. The minimum atomic E-state index is -0.413. The molecule has 2 aromatic rings. The van der Waals surface area contributed by atoms with Gasteiger partial charge in [-0.1, -0.05) is 11.6 Å².